The van der Waals surface area contributed by atoms with Crippen LogP contribution >= 0.6 is 11.3 Å². The Morgan fingerprint density at radius 2 is 2.38 bits per heavy atom. The molecule has 1 amide bonds. The van der Waals surface area contributed by atoms with E-state index < -0.39 is 0 Å². The van der Waals surface area contributed by atoms with E-state index in [1.54, 1.807) is 16.8 Å². The second kappa shape index (κ2) is 3.82. The molecular weight excluding hydrogens is 222 g/mol. The van der Waals surface area contributed by atoms with Crippen LogP contribution in [0.25, 0.3) is 0 Å². The van der Waals surface area contributed by atoms with Crippen molar-refractivity contribution < 1.29 is 4.79 Å². The van der Waals surface area contributed by atoms with Crippen LogP contribution in [0.3, 0.4) is 0 Å². The zero-order valence-corrected chi connectivity index (χ0v) is 10.0. The maximum absolute atomic E-state index is 12.3. The van der Waals surface area contributed by atoms with Crippen molar-refractivity contribution in [2.45, 2.75) is 18.9 Å². The number of rotatable bonds is 2. The van der Waals surface area contributed by atoms with Gasteiger partial charge in [0, 0.05) is 11.9 Å². The fraction of sp³-hybridized carbons (Fsp3) is 0.636. The third-order valence-electron chi connectivity index (χ3n) is 3.63. The van der Waals surface area contributed by atoms with E-state index in [0.717, 1.165) is 24.7 Å². The molecule has 0 radical (unpaired) electrons. The molecule has 2 fully saturated rings. The smallest absolute Gasteiger partial charge is 0.245 e. The normalized spacial score (nSPS) is 33.4. The highest BCUT2D eigenvalue weighted by atomic mass is 32.1. The number of anilines is 1. The van der Waals surface area contributed by atoms with E-state index in [-0.39, 0.29) is 11.9 Å². The summed E-state index contributed by atoms with van der Waals surface area (Å²) in [5.74, 6) is 2.44. The van der Waals surface area contributed by atoms with Crippen LogP contribution in [0, 0.1) is 11.8 Å². The Hall–Kier alpha value is -0.940. The summed E-state index contributed by atoms with van der Waals surface area (Å²) in [6, 6.07) is -0.0285. The maximum Gasteiger partial charge on any atom is 0.245 e. The fourth-order valence-corrected chi connectivity index (χ4v) is 3.07. The van der Waals surface area contributed by atoms with Gasteiger partial charge >= 0.3 is 0 Å². The van der Waals surface area contributed by atoms with E-state index in [9.17, 15) is 4.79 Å². The molecule has 4 nitrogen and oxygen atoms in total. The number of carbonyl (C=O) groups is 1. The molecule has 1 N–H and O–H groups in total. The van der Waals surface area contributed by atoms with Gasteiger partial charge in [-0.1, -0.05) is 0 Å². The maximum atomic E-state index is 12.3. The number of hydrogen-bond acceptors (Lipinski definition) is 4. The van der Waals surface area contributed by atoms with Gasteiger partial charge in [-0.3, -0.25) is 9.69 Å². The van der Waals surface area contributed by atoms with Crippen molar-refractivity contribution >= 4 is 23.1 Å². The quantitative estimate of drug-likeness (QED) is 0.838. The van der Waals surface area contributed by atoms with Crippen LogP contribution in [0.15, 0.2) is 10.9 Å². The van der Waals surface area contributed by atoms with Crippen molar-refractivity contribution in [3.63, 3.8) is 0 Å². The summed E-state index contributed by atoms with van der Waals surface area (Å²) in [5, 5.41) is 5.08. The lowest BCUT2D eigenvalue weighted by atomic mass is 10.1. The first kappa shape index (κ1) is 10.2. The SMILES string of the molecule is CNC1CC2CC2CN(c2cscn2)C1=O. The van der Waals surface area contributed by atoms with Gasteiger partial charge in [0.1, 0.15) is 5.82 Å². The highest BCUT2D eigenvalue weighted by molar-refractivity contribution is 7.07. The molecular formula is C11H15N3OS. The average Bonchev–Trinajstić information content (AvgIpc) is 2.81. The topological polar surface area (TPSA) is 45.2 Å². The zero-order chi connectivity index (χ0) is 11.1. The lowest BCUT2D eigenvalue weighted by Gasteiger charge is -2.23. The van der Waals surface area contributed by atoms with Crippen molar-refractivity contribution in [3.8, 4) is 0 Å². The average molecular weight is 237 g/mol. The minimum absolute atomic E-state index is 0.0285. The third kappa shape index (κ3) is 1.64. The highest BCUT2D eigenvalue weighted by Crippen LogP contribution is 2.45. The van der Waals surface area contributed by atoms with E-state index >= 15 is 0 Å². The number of likely N-dealkylation sites (N-methyl/N-ethyl adjacent to an activating group) is 1. The Bertz CT molecular complexity index is 392. The lowest BCUT2D eigenvalue weighted by molar-refractivity contribution is -0.120. The van der Waals surface area contributed by atoms with Crippen molar-refractivity contribution in [2.75, 3.05) is 18.5 Å². The molecule has 1 saturated carbocycles. The van der Waals surface area contributed by atoms with Gasteiger partial charge in [-0.25, -0.2) is 4.98 Å². The van der Waals surface area contributed by atoms with Crippen molar-refractivity contribution in [1.29, 1.82) is 0 Å². The van der Waals surface area contributed by atoms with Crippen LogP contribution < -0.4 is 10.2 Å². The molecule has 1 aliphatic heterocycles. The summed E-state index contributed by atoms with van der Waals surface area (Å²) < 4.78 is 0. The lowest BCUT2D eigenvalue weighted by Crippen LogP contribution is -2.45. The molecule has 1 aliphatic carbocycles. The number of carbonyl (C=O) groups excluding carboxylic acids is 1. The monoisotopic (exact) mass is 237 g/mol. The molecule has 86 valence electrons. The predicted molar refractivity (Wildman–Crippen MR) is 63.5 cm³/mol. The van der Waals surface area contributed by atoms with Crippen molar-refractivity contribution in [1.82, 2.24) is 10.3 Å². The molecule has 2 heterocycles. The number of thiazole rings is 1. The van der Waals surface area contributed by atoms with Gasteiger partial charge in [0.2, 0.25) is 5.91 Å². The molecule has 1 saturated heterocycles. The number of nitrogens with one attached hydrogen (secondary N) is 1. The van der Waals surface area contributed by atoms with Gasteiger partial charge in [-0.2, -0.15) is 0 Å². The Kier molecular flexibility index (Phi) is 2.44. The number of amides is 1. The standard InChI is InChI=1S/C11H15N3OS/c1-12-9-3-7-2-8(7)4-14(11(9)15)10-5-16-6-13-10/h5-9,12H,2-4H2,1H3. The molecule has 0 aromatic carbocycles. The molecule has 1 aromatic heterocycles. The van der Waals surface area contributed by atoms with E-state index in [4.69, 9.17) is 0 Å². The first-order chi connectivity index (χ1) is 7.79. The van der Waals surface area contributed by atoms with E-state index in [1.165, 1.54) is 6.42 Å². The molecule has 2 aliphatic rings. The zero-order valence-electron chi connectivity index (χ0n) is 9.22. The third-order valence-corrected chi connectivity index (χ3v) is 4.21. The van der Waals surface area contributed by atoms with Gasteiger partial charge in [0.25, 0.3) is 0 Å². The Morgan fingerprint density at radius 3 is 3.06 bits per heavy atom. The van der Waals surface area contributed by atoms with Crippen LogP contribution in [-0.2, 0) is 4.79 Å². The molecule has 3 rings (SSSR count). The summed E-state index contributed by atoms with van der Waals surface area (Å²) >= 11 is 1.54. The summed E-state index contributed by atoms with van der Waals surface area (Å²) in [4.78, 5) is 18.4. The second-order valence-corrected chi connectivity index (χ2v) is 5.35. The molecule has 0 spiro atoms. The van der Waals surface area contributed by atoms with Crippen LogP contribution in [0.1, 0.15) is 12.8 Å². The molecule has 3 unspecified atom stereocenters. The predicted octanol–water partition coefficient (Wildman–Crippen LogP) is 1.10. The van der Waals surface area contributed by atoms with Crippen LogP contribution in [0.2, 0.25) is 0 Å². The molecule has 3 atom stereocenters. The Morgan fingerprint density at radius 1 is 1.50 bits per heavy atom. The van der Waals surface area contributed by atoms with E-state index in [0.29, 0.717) is 5.92 Å². The molecule has 16 heavy (non-hydrogen) atoms. The Balaban J connectivity index is 1.88. The molecule has 0 bridgehead atoms. The molecule has 1 aromatic rings. The first-order valence-electron chi connectivity index (χ1n) is 5.66. The highest BCUT2D eigenvalue weighted by Gasteiger charge is 2.45. The van der Waals surface area contributed by atoms with E-state index in [1.807, 2.05) is 17.3 Å². The minimum Gasteiger partial charge on any atom is -0.309 e. The minimum atomic E-state index is -0.0285. The largest absolute Gasteiger partial charge is 0.309 e. The van der Waals surface area contributed by atoms with Crippen molar-refractivity contribution in [2.24, 2.45) is 11.8 Å². The number of hydrogen-bond donors (Lipinski definition) is 1. The summed E-state index contributed by atoms with van der Waals surface area (Å²) in [7, 11) is 1.87. The molecule has 5 heteroatoms. The van der Waals surface area contributed by atoms with Crippen LogP contribution in [0.5, 0.6) is 0 Å². The van der Waals surface area contributed by atoms with Gasteiger partial charge < -0.3 is 5.32 Å². The van der Waals surface area contributed by atoms with E-state index in [2.05, 4.69) is 10.3 Å². The van der Waals surface area contributed by atoms with Crippen LogP contribution in [0.4, 0.5) is 5.82 Å². The number of aromatic nitrogens is 1. The summed E-state index contributed by atoms with van der Waals surface area (Å²) in [6.07, 6.45) is 2.26. The second-order valence-electron chi connectivity index (χ2n) is 4.63. The van der Waals surface area contributed by atoms with Gasteiger partial charge in [-0.15, -0.1) is 11.3 Å². The van der Waals surface area contributed by atoms with Crippen LogP contribution in [-0.4, -0.2) is 30.5 Å². The fourth-order valence-electron chi connectivity index (χ4n) is 2.53. The summed E-state index contributed by atoms with van der Waals surface area (Å²) in [6.45, 7) is 0.853. The first-order valence-corrected chi connectivity index (χ1v) is 6.60. The number of nitrogens with zero attached hydrogens (tertiary/aromatic N) is 2. The summed E-state index contributed by atoms with van der Waals surface area (Å²) in [5.41, 5.74) is 1.78. The van der Waals surface area contributed by atoms with Gasteiger partial charge in [0.15, 0.2) is 0 Å². The van der Waals surface area contributed by atoms with Gasteiger partial charge in [0.05, 0.1) is 11.6 Å². The Labute approximate surface area is 98.7 Å². The van der Waals surface area contributed by atoms with Gasteiger partial charge in [-0.05, 0) is 31.7 Å². The van der Waals surface area contributed by atoms with Crippen molar-refractivity contribution in [3.05, 3.63) is 10.9 Å². The number of fused-ring (bicyclic) bond motifs is 1.